The number of halogens is 3. The van der Waals surface area contributed by atoms with Crippen molar-refractivity contribution in [2.24, 2.45) is 11.5 Å². The number of hydrogen-bond donors (Lipinski definition) is 3. The Morgan fingerprint density at radius 1 is 1.00 bits per heavy atom. The molecule has 1 saturated heterocycles. The normalized spacial score (nSPS) is 14.0. The van der Waals surface area contributed by atoms with Crippen molar-refractivity contribution >= 4 is 24.2 Å². The number of aryl methyl sites for hydroxylation is 1. The van der Waals surface area contributed by atoms with Gasteiger partial charge in [-0.15, -0.1) is 0 Å². The van der Waals surface area contributed by atoms with E-state index >= 15 is 0 Å². The van der Waals surface area contributed by atoms with E-state index in [0.717, 1.165) is 50.5 Å². The first-order chi connectivity index (χ1) is 19.2. The van der Waals surface area contributed by atoms with Crippen molar-refractivity contribution in [2.45, 2.75) is 30.8 Å². The highest BCUT2D eigenvalue weighted by molar-refractivity contribution is 7.97. The maximum atomic E-state index is 13.3. The average Bonchev–Trinajstić information content (AvgIpc) is 2.94. The number of rotatable bonds is 10. The molecular weight excluding hydrogens is 537 g/mol. The van der Waals surface area contributed by atoms with Crippen LogP contribution in [0.5, 0.6) is 0 Å². The van der Waals surface area contributed by atoms with Crippen LogP contribution >= 0.6 is 11.9 Å². The zero-order valence-electron chi connectivity index (χ0n) is 22.7. The second-order valence-corrected chi connectivity index (χ2v) is 10.5. The SMILES string of the molecule is Cc1cnc(N2CCN(Sc3ccc(-c4ccc(CCNCCCN)cc4)cc3)CC2)cc1C(F)(F)F.NC=O. The topological polar surface area (TPSA) is 101 Å². The molecule has 1 amide bonds. The van der Waals surface area contributed by atoms with Crippen LogP contribution in [0.3, 0.4) is 0 Å². The Labute approximate surface area is 238 Å². The molecule has 0 saturated carbocycles. The van der Waals surface area contributed by atoms with E-state index in [1.54, 1.807) is 11.9 Å². The Balaban J connectivity index is 0.00000141. The van der Waals surface area contributed by atoms with Crippen molar-refractivity contribution in [1.82, 2.24) is 14.6 Å². The standard InChI is InChI=1S/C28H34F3N5S.CH3NO/c1-21-20-34-27(19-26(21)28(29,30)31)35-15-17-36(18-16-35)37-25-9-7-24(8-10-25)23-5-3-22(4-6-23)11-14-33-13-2-12-32;2-1-3/h3-10,19-20,33H,2,11-18,32H2,1H3;1H,(H2,2,3). The molecule has 2 aromatic carbocycles. The van der Waals surface area contributed by atoms with Gasteiger partial charge in [0.25, 0.3) is 0 Å². The summed E-state index contributed by atoms with van der Waals surface area (Å²) in [6.07, 6.45) is -0.802. The minimum Gasteiger partial charge on any atom is -0.372 e. The van der Waals surface area contributed by atoms with Gasteiger partial charge >= 0.3 is 6.18 Å². The number of nitrogens with one attached hydrogen (secondary N) is 1. The van der Waals surface area contributed by atoms with Crippen molar-refractivity contribution in [2.75, 3.05) is 50.7 Å². The zero-order valence-corrected chi connectivity index (χ0v) is 23.5. The summed E-state index contributed by atoms with van der Waals surface area (Å²) in [7, 11) is 0. The lowest BCUT2D eigenvalue weighted by Gasteiger charge is -2.34. The lowest BCUT2D eigenvalue weighted by molar-refractivity contribution is -0.138. The summed E-state index contributed by atoms with van der Waals surface area (Å²) < 4.78 is 42.1. The minimum atomic E-state index is -4.37. The molecule has 216 valence electrons. The molecule has 40 heavy (non-hydrogen) atoms. The van der Waals surface area contributed by atoms with E-state index in [0.29, 0.717) is 18.9 Å². The molecule has 1 aliphatic rings. The van der Waals surface area contributed by atoms with Crippen LogP contribution < -0.4 is 21.7 Å². The Hall–Kier alpha value is -3.12. The third-order valence-corrected chi connectivity index (χ3v) is 7.59. The molecule has 7 nitrogen and oxygen atoms in total. The van der Waals surface area contributed by atoms with Gasteiger partial charge in [-0.2, -0.15) is 13.2 Å². The Bertz CT molecular complexity index is 1180. The molecule has 0 atom stereocenters. The molecule has 5 N–H and O–H groups in total. The van der Waals surface area contributed by atoms with Crippen molar-refractivity contribution in [1.29, 1.82) is 0 Å². The summed E-state index contributed by atoms with van der Waals surface area (Å²) in [5.41, 5.74) is 12.9. The number of anilines is 1. The number of hydrogen-bond acceptors (Lipinski definition) is 7. The summed E-state index contributed by atoms with van der Waals surface area (Å²) >= 11 is 1.68. The number of piperazine rings is 1. The van der Waals surface area contributed by atoms with Gasteiger partial charge in [0.2, 0.25) is 6.41 Å². The predicted octanol–water partition coefficient (Wildman–Crippen LogP) is 4.49. The van der Waals surface area contributed by atoms with Crippen LogP contribution in [0.25, 0.3) is 11.1 Å². The number of primary amides is 1. The highest BCUT2D eigenvalue weighted by atomic mass is 32.2. The van der Waals surface area contributed by atoms with Crippen LogP contribution in [-0.2, 0) is 17.4 Å². The quantitative estimate of drug-likeness (QED) is 0.186. The zero-order chi connectivity index (χ0) is 29.0. The number of pyridine rings is 1. The average molecular weight is 575 g/mol. The molecule has 1 fully saturated rings. The van der Waals surface area contributed by atoms with Crippen LogP contribution in [0.4, 0.5) is 19.0 Å². The second kappa shape index (κ2) is 15.6. The molecule has 1 aromatic heterocycles. The van der Waals surface area contributed by atoms with Gasteiger partial charge in [-0.05, 0) is 91.8 Å². The summed E-state index contributed by atoms with van der Waals surface area (Å²) in [6, 6.07) is 18.4. The maximum absolute atomic E-state index is 13.3. The molecule has 11 heteroatoms. The smallest absolute Gasteiger partial charge is 0.372 e. The summed E-state index contributed by atoms with van der Waals surface area (Å²) in [4.78, 5) is 15.9. The van der Waals surface area contributed by atoms with Crippen LogP contribution in [0, 0.1) is 6.92 Å². The first kappa shape index (κ1) is 31.4. The third-order valence-electron chi connectivity index (χ3n) is 6.48. The fraction of sp³-hybridized carbons (Fsp3) is 0.379. The van der Waals surface area contributed by atoms with Gasteiger partial charge in [0.05, 0.1) is 5.56 Å². The van der Waals surface area contributed by atoms with Gasteiger partial charge in [-0.1, -0.05) is 36.4 Å². The Morgan fingerprint density at radius 2 is 1.60 bits per heavy atom. The van der Waals surface area contributed by atoms with Gasteiger partial charge in [-0.25, -0.2) is 9.29 Å². The van der Waals surface area contributed by atoms with Gasteiger partial charge in [0.15, 0.2) is 0 Å². The number of nitrogens with zero attached hydrogens (tertiary/aromatic N) is 3. The van der Waals surface area contributed by atoms with E-state index in [2.05, 4.69) is 68.9 Å². The fourth-order valence-electron chi connectivity index (χ4n) is 4.31. The van der Waals surface area contributed by atoms with E-state index in [1.807, 2.05) is 4.90 Å². The lowest BCUT2D eigenvalue weighted by atomic mass is 10.0. The van der Waals surface area contributed by atoms with E-state index in [-0.39, 0.29) is 12.0 Å². The first-order valence-corrected chi connectivity index (χ1v) is 14.0. The molecule has 0 unspecified atom stereocenters. The fourth-order valence-corrected chi connectivity index (χ4v) is 5.21. The Kier molecular flexibility index (Phi) is 12.3. The molecule has 0 aliphatic carbocycles. The van der Waals surface area contributed by atoms with E-state index in [9.17, 15) is 13.2 Å². The molecule has 2 heterocycles. The molecule has 0 bridgehead atoms. The highest BCUT2D eigenvalue weighted by Crippen LogP contribution is 2.34. The lowest BCUT2D eigenvalue weighted by Crippen LogP contribution is -2.43. The monoisotopic (exact) mass is 574 g/mol. The van der Waals surface area contributed by atoms with Crippen molar-refractivity contribution in [3.05, 3.63) is 77.5 Å². The van der Waals surface area contributed by atoms with Gasteiger partial charge in [0.1, 0.15) is 5.82 Å². The Morgan fingerprint density at radius 3 is 2.17 bits per heavy atom. The predicted molar refractivity (Wildman–Crippen MR) is 156 cm³/mol. The van der Waals surface area contributed by atoms with Crippen molar-refractivity contribution in [3.8, 4) is 11.1 Å². The van der Waals surface area contributed by atoms with Gasteiger partial charge in [-0.3, -0.25) is 4.79 Å². The number of benzene rings is 2. The van der Waals surface area contributed by atoms with Gasteiger partial charge in [0, 0.05) is 37.3 Å². The summed E-state index contributed by atoms with van der Waals surface area (Å²) in [6.45, 7) is 6.82. The molecule has 0 spiro atoms. The molecule has 4 rings (SSSR count). The number of nitrogens with two attached hydrogens (primary N) is 2. The van der Waals surface area contributed by atoms with Crippen LogP contribution in [0.15, 0.2) is 65.7 Å². The molecular formula is C29H37F3N6OS. The summed E-state index contributed by atoms with van der Waals surface area (Å²) in [5, 5.41) is 3.41. The van der Waals surface area contributed by atoms with E-state index in [4.69, 9.17) is 10.5 Å². The number of alkyl halides is 3. The van der Waals surface area contributed by atoms with E-state index < -0.39 is 11.7 Å². The highest BCUT2D eigenvalue weighted by Gasteiger charge is 2.33. The molecule has 1 aliphatic heterocycles. The maximum Gasteiger partial charge on any atom is 0.416 e. The molecule has 3 aromatic rings. The van der Waals surface area contributed by atoms with Crippen LogP contribution in [0.2, 0.25) is 0 Å². The van der Waals surface area contributed by atoms with Gasteiger partial charge < -0.3 is 21.7 Å². The van der Waals surface area contributed by atoms with Crippen LogP contribution in [0.1, 0.15) is 23.1 Å². The van der Waals surface area contributed by atoms with Crippen molar-refractivity contribution < 1.29 is 18.0 Å². The second-order valence-electron chi connectivity index (χ2n) is 9.36. The van der Waals surface area contributed by atoms with Crippen molar-refractivity contribution in [3.63, 3.8) is 0 Å². The number of carbonyl (C=O) groups is 1. The molecule has 0 radical (unpaired) electrons. The van der Waals surface area contributed by atoms with Crippen LogP contribution in [-0.4, -0.2) is 61.5 Å². The summed E-state index contributed by atoms with van der Waals surface area (Å²) in [5.74, 6) is 0.390. The number of amides is 1. The number of aromatic nitrogens is 1. The minimum absolute atomic E-state index is 0.149. The van der Waals surface area contributed by atoms with E-state index in [1.165, 1.54) is 35.9 Å². The first-order valence-electron chi connectivity index (χ1n) is 13.2. The number of carbonyl (C=O) groups excluding carboxylic acids is 1. The third kappa shape index (κ3) is 9.51. The largest absolute Gasteiger partial charge is 0.416 e.